The first-order chi connectivity index (χ1) is 9.22. The Bertz CT molecular complexity index is 406. The van der Waals surface area contributed by atoms with Gasteiger partial charge in [-0.3, -0.25) is 0 Å². The molecule has 1 unspecified atom stereocenters. The molecule has 2 rings (SSSR count). The Morgan fingerprint density at radius 1 is 1.47 bits per heavy atom. The van der Waals surface area contributed by atoms with E-state index in [0.717, 1.165) is 50.7 Å². The number of nitrogens with zero attached hydrogens (tertiary/aromatic N) is 3. The van der Waals surface area contributed by atoms with Gasteiger partial charge in [0.1, 0.15) is 11.6 Å². The number of likely N-dealkylation sites (N-methyl/N-ethyl adjacent to an activating group) is 1. The minimum Gasteiger partial charge on any atom is -0.376 e. The minimum atomic E-state index is 0.304. The second kappa shape index (κ2) is 6.56. The van der Waals surface area contributed by atoms with Crippen molar-refractivity contribution < 1.29 is 4.74 Å². The highest BCUT2D eigenvalue weighted by molar-refractivity contribution is 5.52. The Morgan fingerprint density at radius 3 is 2.95 bits per heavy atom. The van der Waals surface area contributed by atoms with Gasteiger partial charge in [-0.2, -0.15) is 9.97 Å². The van der Waals surface area contributed by atoms with Crippen LogP contribution < -0.4 is 16.0 Å². The highest BCUT2D eigenvalue weighted by atomic mass is 16.5. The molecule has 1 saturated heterocycles. The average molecular weight is 265 g/mol. The molecule has 0 bridgehead atoms. The zero-order valence-electron chi connectivity index (χ0n) is 11.7. The van der Waals surface area contributed by atoms with Gasteiger partial charge in [-0.15, -0.1) is 0 Å². The van der Waals surface area contributed by atoms with Gasteiger partial charge in [-0.05, 0) is 26.7 Å². The molecule has 19 heavy (non-hydrogen) atoms. The molecule has 3 N–H and O–H groups in total. The fourth-order valence-electron chi connectivity index (χ4n) is 2.31. The second-order valence-corrected chi connectivity index (χ2v) is 4.67. The van der Waals surface area contributed by atoms with Gasteiger partial charge < -0.3 is 20.7 Å². The van der Waals surface area contributed by atoms with E-state index in [1.54, 1.807) is 0 Å². The maximum Gasteiger partial charge on any atom is 0.223 e. The van der Waals surface area contributed by atoms with Gasteiger partial charge in [0.25, 0.3) is 0 Å². The number of nitrogen functional groups attached to an aromatic ring is 1. The fourth-order valence-corrected chi connectivity index (χ4v) is 2.31. The summed E-state index contributed by atoms with van der Waals surface area (Å²) in [5, 5.41) is 3.17. The quantitative estimate of drug-likeness (QED) is 0.811. The summed E-state index contributed by atoms with van der Waals surface area (Å²) in [5.74, 6) is 1.94. The van der Waals surface area contributed by atoms with Gasteiger partial charge in [0.2, 0.25) is 5.95 Å². The Labute approximate surface area is 114 Å². The molecule has 2 heterocycles. The lowest BCUT2D eigenvalue weighted by molar-refractivity contribution is 0.115. The Balaban J connectivity index is 2.11. The average Bonchev–Trinajstić information content (AvgIpc) is 2.88. The van der Waals surface area contributed by atoms with Gasteiger partial charge in [0, 0.05) is 32.3 Å². The van der Waals surface area contributed by atoms with Crippen LogP contribution in [0, 0.1) is 0 Å². The topological polar surface area (TPSA) is 76.3 Å². The van der Waals surface area contributed by atoms with Crippen LogP contribution in [0.25, 0.3) is 0 Å². The van der Waals surface area contributed by atoms with Gasteiger partial charge in [0.05, 0.1) is 6.10 Å². The fraction of sp³-hybridized carbons (Fsp3) is 0.692. The molecule has 106 valence electrons. The molecule has 1 atom stereocenters. The molecule has 0 aromatic carbocycles. The Kier molecular flexibility index (Phi) is 4.79. The predicted octanol–water partition coefficient (Wildman–Crippen LogP) is 1.50. The second-order valence-electron chi connectivity index (χ2n) is 4.67. The molecule has 1 aliphatic rings. The SMILES string of the molecule is CCNc1cc(N(CC)CC2CCCO2)nc(N)n1. The number of aromatic nitrogens is 2. The minimum absolute atomic E-state index is 0.304. The molecule has 0 saturated carbocycles. The van der Waals surface area contributed by atoms with Crippen molar-refractivity contribution in [3.8, 4) is 0 Å². The number of nitrogens with two attached hydrogens (primary N) is 1. The molecule has 1 aliphatic heterocycles. The van der Waals surface area contributed by atoms with E-state index < -0.39 is 0 Å². The summed E-state index contributed by atoms with van der Waals surface area (Å²) < 4.78 is 5.68. The van der Waals surface area contributed by atoms with E-state index >= 15 is 0 Å². The van der Waals surface area contributed by atoms with Gasteiger partial charge >= 0.3 is 0 Å². The number of rotatable bonds is 6. The normalized spacial score (nSPS) is 18.5. The van der Waals surface area contributed by atoms with Crippen LogP contribution in [0.1, 0.15) is 26.7 Å². The molecule has 1 aromatic rings. The first-order valence-corrected chi connectivity index (χ1v) is 6.98. The van der Waals surface area contributed by atoms with E-state index in [1.807, 2.05) is 13.0 Å². The lowest BCUT2D eigenvalue weighted by atomic mass is 10.2. The number of nitrogens with one attached hydrogen (secondary N) is 1. The molecule has 1 fully saturated rings. The summed E-state index contributed by atoms with van der Waals surface area (Å²) in [6.45, 7) is 7.56. The van der Waals surface area contributed by atoms with Crippen molar-refractivity contribution in [1.29, 1.82) is 0 Å². The molecule has 6 heteroatoms. The molecule has 0 spiro atoms. The molecule has 6 nitrogen and oxygen atoms in total. The highest BCUT2D eigenvalue weighted by Gasteiger charge is 2.20. The smallest absolute Gasteiger partial charge is 0.223 e. The highest BCUT2D eigenvalue weighted by Crippen LogP contribution is 2.20. The Morgan fingerprint density at radius 2 is 2.32 bits per heavy atom. The van der Waals surface area contributed by atoms with E-state index in [4.69, 9.17) is 10.5 Å². The number of anilines is 3. The van der Waals surface area contributed by atoms with Crippen LogP contribution in [-0.2, 0) is 4.74 Å². The van der Waals surface area contributed by atoms with Crippen LogP contribution in [0.3, 0.4) is 0 Å². The number of ether oxygens (including phenoxy) is 1. The van der Waals surface area contributed by atoms with Crippen molar-refractivity contribution in [2.24, 2.45) is 0 Å². The monoisotopic (exact) mass is 265 g/mol. The van der Waals surface area contributed by atoms with Gasteiger partial charge in [0.15, 0.2) is 0 Å². The first-order valence-electron chi connectivity index (χ1n) is 6.98. The predicted molar refractivity (Wildman–Crippen MR) is 77.5 cm³/mol. The number of hydrogen-bond acceptors (Lipinski definition) is 6. The van der Waals surface area contributed by atoms with Crippen molar-refractivity contribution in [2.75, 3.05) is 42.2 Å². The van der Waals surface area contributed by atoms with E-state index in [0.29, 0.717) is 12.1 Å². The Hall–Kier alpha value is -1.56. The van der Waals surface area contributed by atoms with Gasteiger partial charge in [-0.1, -0.05) is 0 Å². The van der Waals surface area contributed by atoms with E-state index in [9.17, 15) is 0 Å². The summed E-state index contributed by atoms with van der Waals surface area (Å²) >= 11 is 0. The zero-order chi connectivity index (χ0) is 13.7. The van der Waals surface area contributed by atoms with Crippen molar-refractivity contribution in [2.45, 2.75) is 32.8 Å². The first kappa shape index (κ1) is 13.9. The van der Waals surface area contributed by atoms with Gasteiger partial charge in [-0.25, -0.2) is 0 Å². The van der Waals surface area contributed by atoms with Crippen molar-refractivity contribution in [1.82, 2.24) is 9.97 Å². The van der Waals surface area contributed by atoms with Crippen LogP contribution in [-0.4, -0.2) is 42.3 Å². The van der Waals surface area contributed by atoms with Crippen molar-refractivity contribution in [3.05, 3.63) is 6.07 Å². The maximum atomic E-state index is 5.77. The van der Waals surface area contributed by atoms with E-state index in [-0.39, 0.29) is 0 Å². The molecule has 0 amide bonds. The zero-order valence-corrected chi connectivity index (χ0v) is 11.7. The third-order valence-electron chi connectivity index (χ3n) is 3.24. The molecular weight excluding hydrogens is 242 g/mol. The summed E-state index contributed by atoms with van der Waals surface area (Å²) in [7, 11) is 0. The van der Waals surface area contributed by atoms with Crippen LogP contribution in [0.5, 0.6) is 0 Å². The van der Waals surface area contributed by atoms with Crippen LogP contribution in [0.2, 0.25) is 0 Å². The molecule has 0 radical (unpaired) electrons. The van der Waals surface area contributed by atoms with E-state index in [2.05, 4.69) is 27.1 Å². The van der Waals surface area contributed by atoms with Crippen molar-refractivity contribution >= 4 is 17.6 Å². The summed E-state index contributed by atoms with van der Waals surface area (Å²) in [5.41, 5.74) is 5.77. The largest absolute Gasteiger partial charge is 0.376 e. The van der Waals surface area contributed by atoms with Crippen LogP contribution >= 0.6 is 0 Å². The lowest BCUT2D eigenvalue weighted by Crippen LogP contribution is -2.33. The summed E-state index contributed by atoms with van der Waals surface area (Å²) in [6.07, 6.45) is 2.58. The third-order valence-corrected chi connectivity index (χ3v) is 3.24. The van der Waals surface area contributed by atoms with Crippen LogP contribution in [0.4, 0.5) is 17.6 Å². The lowest BCUT2D eigenvalue weighted by Gasteiger charge is -2.25. The summed E-state index contributed by atoms with van der Waals surface area (Å²) in [4.78, 5) is 10.7. The third kappa shape index (κ3) is 3.70. The van der Waals surface area contributed by atoms with Crippen molar-refractivity contribution in [3.63, 3.8) is 0 Å². The standard InChI is InChI=1S/C13H23N5O/c1-3-15-11-8-12(17-13(14)16-11)18(4-2)9-10-6-5-7-19-10/h8,10H,3-7,9H2,1-2H3,(H3,14,15,16,17). The molecular formula is C13H23N5O. The van der Waals surface area contributed by atoms with Crippen LogP contribution in [0.15, 0.2) is 6.07 Å². The summed E-state index contributed by atoms with van der Waals surface area (Å²) in [6, 6.07) is 1.94. The number of hydrogen-bond donors (Lipinski definition) is 2. The molecule has 1 aromatic heterocycles. The molecule has 0 aliphatic carbocycles. The maximum absolute atomic E-state index is 5.77. The van der Waals surface area contributed by atoms with E-state index in [1.165, 1.54) is 0 Å².